The third-order valence-corrected chi connectivity index (χ3v) is 3.84. The number of para-hydroxylation sites is 1. The van der Waals surface area contributed by atoms with Gasteiger partial charge in [0.2, 0.25) is 0 Å². The molecule has 0 amide bonds. The van der Waals surface area contributed by atoms with Gasteiger partial charge in [-0.3, -0.25) is 0 Å². The Bertz CT molecular complexity index is 815. The molecule has 110 valence electrons. The Morgan fingerprint density at radius 3 is 2.18 bits per heavy atom. The molecule has 0 fully saturated rings. The van der Waals surface area contributed by atoms with E-state index in [2.05, 4.69) is 0 Å². The summed E-state index contributed by atoms with van der Waals surface area (Å²) in [5, 5.41) is 9.43. The fourth-order valence-electron chi connectivity index (χ4n) is 2.67. The molecule has 1 heterocycles. The van der Waals surface area contributed by atoms with Crippen LogP contribution in [0.5, 0.6) is 0 Å². The zero-order valence-electron chi connectivity index (χ0n) is 12.6. The summed E-state index contributed by atoms with van der Waals surface area (Å²) in [7, 11) is 0. The molecule has 3 nitrogen and oxygen atoms in total. The molecule has 0 spiro atoms. The molecule has 0 bridgehead atoms. The Morgan fingerprint density at radius 1 is 0.955 bits per heavy atom. The van der Waals surface area contributed by atoms with Crippen LogP contribution in [0.25, 0.3) is 16.9 Å². The van der Waals surface area contributed by atoms with Gasteiger partial charge in [-0.15, -0.1) is 0 Å². The van der Waals surface area contributed by atoms with E-state index in [0.29, 0.717) is 5.56 Å². The van der Waals surface area contributed by atoms with Gasteiger partial charge < -0.3 is 9.67 Å². The summed E-state index contributed by atoms with van der Waals surface area (Å²) in [6, 6.07) is 19.7. The number of aryl methyl sites for hydroxylation is 1. The quantitative estimate of drug-likeness (QED) is 0.774. The topological polar surface area (TPSA) is 42.2 Å². The van der Waals surface area contributed by atoms with E-state index in [4.69, 9.17) is 0 Å². The second-order valence-electron chi connectivity index (χ2n) is 5.37. The van der Waals surface area contributed by atoms with E-state index in [0.717, 1.165) is 22.6 Å². The molecule has 0 aliphatic carbocycles. The van der Waals surface area contributed by atoms with E-state index in [1.54, 1.807) is 6.07 Å². The van der Waals surface area contributed by atoms with Gasteiger partial charge in [0.15, 0.2) is 0 Å². The molecule has 0 saturated heterocycles. The van der Waals surface area contributed by atoms with Gasteiger partial charge in [0.1, 0.15) is 0 Å². The molecular weight excluding hydrogens is 274 g/mol. The lowest BCUT2D eigenvalue weighted by Crippen LogP contribution is -2.02. The Kier molecular flexibility index (Phi) is 3.55. The highest BCUT2D eigenvalue weighted by Gasteiger charge is 2.18. The minimum atomic E-state index is -0.902. The molecule has 1 N–H and O–H groups in total. The second-order valence-corrected chi connectivity index (χ2v) is 5.37. The van der Waals surface area contributed by atoms with Crippen molar-refractivity contribution >= 4 is 5.97 Å². The van der Waals surface area contributed by atoms with Crippen molar-refractivity contribution in [2.45, 2.75) is 13.8 Å². The van der Waals surface area contributed by atoms with Crippen LogP contribution in [0, 0.1) is 13.8 Å². The summed E-state index contributed by atoms with van der Waals surface area (Å²) in [5.41, 5.74) is 5.10. The van der Waals surface area contributed by atoms with Crippen LogP contribution in [0.1, 0.15) is 21.6 Å². The van der Waals surface area contributed by atoms with Crippen LogP contribution in [0.15, 0.2) is 60.7 Å². The fraction of sp³-hybridized carbons (Fsp3) is 0.105. The number of nitrogens with zero attached hydrogens (tertiary/aromatic N) is 1. The maximum absolute atomic E-state index is 11.5. The smallest absolute Gasteiger partial charge is 0.337 e. The Balaban J connectivity index is 2.27. The van der Waals surface area contributed by atoms with E-state index < -0.39 is 5.97 Å². The number of carboxylic acid groups (broad SMARTS) is 1. The van der Waals surface area contributed by atoms with Crippen LogP contribution in [0.3, 0.4) is 0 Å². The molecule has 0 unspecified atom stereocenters. The van der Waals surface area contributed by atoms with E-state index in [-0.39, 0.29) is 0 Å². The van der Waals surface area contributed by atoms with E-state index in [9.17, 15) is 9.90 Å². The lowest BCUT2D eigenvalue weighted by Gasteiger charge is -2.12. The maximum Gasteiger partial charge on any atom is 0.337 e. The van der Waals surface area contributed by atoms with E-state index in [1.165, 1.54) is 5.56 Å². The van der Waals surface area contributed by atoms with Crippen molar-refractivity contribution in [3.05, 3.63) is 77.5 Å². The third-order valence-electron chi connectivity index (χ3n) is 3.84. The molecule has 0 radical (unpaired) electrons. The zero-order chi connectivity index (χ0) is 15.7. The monoisotopic (exact) mass is 291 g/mol. The van der Waals surface area contributed by atoms with Gasteiger partial charge in [-0.1, -0.05) is 48.0 Å². The maximum atomic E-state index is 11.5. The van der Waals surface area contributed by atoms with Crippen LogP contribution >= 0.6 is 0 Å². The zero-order valence-corrected chi connectivity index (χ0v) is 12.6. The number of aromatic carboxylic acids is 1. The van der Waals surface area contributed by atoms with Crippen LogP contribution in [-0.4, -0.2) is 15.6 Å². The number of hydrogen-bond acceptors (Lipinski definition) is 1. The Hall–Kier alpha value is -2.81. The average Bonchev–Trinajstić information content (AvgIpc) is 2.86. The van der Waals surface area contributed by atoms with Gasteiger partial charge in [-0.25, -0.2) is 4.79 Å². The summed E-state index contributed by atoms with van der Waals surface area (Å²) >= 11 is 0. The SMILES string of the molecule is Cc1ccc(-c2cc(C(=O)O)c(C)n2-c2ccccc2)cc1. The Morgan fingerprint density at radius 2 is 1.59 bits per heavy atom. The minimum Gasteiger partial charge on any atom is -0.478 e. The average molecular weight is 291 g/mol. The predicted molar refractivity (Wildman–Crippen MR) is 87.6 cm³/mol. The van der Waals surface area contributed by atoms with Crippen LogP contribution < -0.4 is 0 Å². The lowest BCUT2D eigenvalue weighted by molar-refractivity contribution is 0.0696. The molecule has 3 aromatic rings. The van der Waals surface area contributed by atoms with Crippen molar-refractivity contribution < 1.29 is 9.90 Å². The first-order valence-corrected chi connectivity index (χ1v) is 7.16. The minimum absolute atomic E-state index is 0.333. The van der Waals surface area contributed by atoms with E-state index in [1.807, 2.05) is 73.0 Å². The van der Waals surface area contributed by atoms with Crippen molar-refractivity contribution in [2.75, 3.05) is 0 Å². The van der Waals surface area contributed by atoms with Gasteiger partial charge in [0, 0.05) is 11.4 Å². The standard InChI is InChI=1S/C19H17NO2/c1-13-8-10-15(11-9-13)18-12-17(19(21)22)14(2)20(18)16-6-4-3-5-7-16/h3-12H,1-2H3,(H,21,22). The lowest BCUT2D eigenvalue weighted by atomic mass is 10.1. The molecule has 3 rings (SSSR count). The first kappa shape index (κ1) is 14.1. The molecular formula is C19H17NO2. The number of aromatic nitrogens is 1. The van der Waals surface area contributed by atoms with E-state index >= 15 is 0 Å². The first-order valence-electron chi connectivity index (χ1n) is 7.16. The van der Waals surface area contributed by atoms with Crippen molar-refractivity contribution in [2.24, 2.45) is 0 Å². The van der Waals surface area contributed by atoms with Gasteiger partial charge in [0.25, 0.3) is 0 Å². The first-order chi connectivity index (χ1) is 10.6. The van der Waals surface area contributed by atoms with Crippen molar-refractivity contribution in [1.82, 2.24) is 4.57 Å². The highest BCUT2D eigenvalue weighted by Crippen LogP contribution is 2.29. The largest absolute Gasteiger partial charge is 0.478 e. The molecule has 0 saturated carbocycles. The van der Waals surface area contributed by atoms with Crippen molar-refractivity contribution in [3.63, 3.8) is 0 Å². The molecule has 0 aliphatic heterocycles. The van der Waals surface area contributed by atoms with Gasteiger partial charge in [-0.05, 0) is 37.6 Å². The normalized spacial score (nSPS) is 10.6. The summed E-state index contributed by atoms with van der Waals surface area (Å²) in [5.74, 6) is -0.902. The van der Waals surface area contributed by atoms with Gasteiger partial charge >= 0.3 is 5.97 Å². The molecule has 22 heavy (non-hydrogen) atoms. The highest BCUT2D eigenvalue weighted by molar-refractivity contribution is 5.91. The molecule has 0 aliphatic rings. The number of carboxylic acids is 1. The summed E-state index contributed by atoms with van der Waals surface area (Å²) in [6.07, 6.45) is 0. The fourth-order valence-corrected chi connectivity index (χ4v) is 2.67. The summed E-state index contributed by atoms with van der Waals surface area (Å²) < 4.78 is 1.99. The molecule has 3 heteroatoms. The number of carbonyl (C=O) groups is 1. The number of hydrogen-bond donors (Lipinski definition) is 1. The van der Waals surface area contributed by atoms with Crippen molar-refractivity contribution in [1.29, 1.82) is 0 Å². The van der Waals surface area contributed by atoms with Crippen LogP contribution in [-0.2, 0) is 0 Å². The van der Waals surface area contributed by atoms with Crippen LogP contribution in [0.2, 0.25) is 0 Å². The molecule has 2 aromatic carbocycles. The molecule has 1 aromatic heterocycles. The number of benzene rings is 2. The van der Waals surface area contributed by atoms with Gasteiger partial charge in [0.05, 0.1) is 11.3 Å². The highest BCUT2D eigenvalue weighted by atomic mass is 16.4. The Labute approximate surface area is 129 Å². The third kappa shape index (κ3) is 2.42. The summed E-state index contributed by atoms with van der Waals surface area (Å²) in [6.45, 7) is 3.88. The number of rotatable bonds is 3. The molecule has 0 atom stereocenters. The predicted octanol–water partition coefficient (Wildman–Crippen LogP) is 4.46. The second kappa shape index (κ2) is 5.53. The van der Waals surface area contributed by atoms with Crippen LogP contribution in [0.4, 0.5) is 0 Å². The van der Waals surface area contributed by atoms with Gasteiger partial charge in [-0.2, -0.15) is 0 Å². The summed E-state index contributed by atoms with van der Waals surface area (Å²) in [4.78, 5) is 11.5. The van der Waals surface area contributed by atoms with Crippen molar-refractivity contribution in [3.8, 4) is 16.9 Å².